The Kier molecular flexibility index (Phi) is 4.90. The Bertz CT molecular complexity index is 602. The highest BCUT2D eigenvalue weighted by molar-refractivity contribution is 5.99. The normalized spacial score (nSPS) is 23.4. The average molecular weight is 374 g/mol. The van der Waals surface area contributed by atoms with Crippen LogP contribution in [0.25, 0.3) is 0 Å². The monoisotopic (exact) mass is 374 g/mol. The molecule has 0 aromatic rings. The van der Waals surface area contributed by atoms with Crippen LogP contribution in [0.4, 0.5) is 26.3 Å². The van der Waals surface area contributed by atoms with Crippen molar-refractivity contribution in [1.29, 1.82) is 0 Å². The summed E-state index contributed by atoms with van der Waals surface area (Å²) in [7, 11) is 0. The van der Waals surface area contributed by atoms with E-state index in [0.717, 1.165) is 0 Å². The fraction of sp³-hybridized carbons (Fsp3) is 0.571. The van der Waals surface area contributed by atoms with Crippen molar-refractivity contribution in [3.63, 3.8) is 0 Å². The van der Waals surface area contributed by atoms with Crippen LogP contribution >= 0.6 is 0 Å². The van der Waals surface area contributed by atoms with E-state index < -0.39 is 58.8 Å². The van der Waals surface area contributed by atoms with E-state index in [1.807, 2.05) is 0 Å². The lowest BCUT2D eigenvalue weighted by Gasteiger charge is -2.23. The lowest BCUT2D eigenvalue weighted by Crippen LogP contribution is -2.35. The molecule has 11 heteroatoms. The van der Waals surface area contributed by atoms with Gasteiger partial charge in [-0.3, -0.25) is 0 Å². The third-order valence-electron chi connectivity index (χ3n) is 3.50. The fourth-order valence-electron chi connectivity index (χ4n) is 2.72. The molecule has 0 radical (unpaired) electrons. The summed E-state index contributed by atoms with van der Waals surface area (Å²) in [6.07, 6.45) is -15.2. The number of carbonyl (C=O) groups is 2. The SMILES string of the molecule is CCOC(=O)C1=C(C(F)(F)F)C2OC1C(C(F)(F)F)=C2C(=O)OCC. The zero-order chi connectivity index (χ0) is 19.2. The molecule has 2 atom stereocenters. The van der Waals surface area contributed by atoms with E-state index in [0.29, 0.717) is 0 Å². The van der Waals surface area contributed by atoms with Crippen LogP contribution < -0.4 is 0 Å². The lowest BCUT2D eigenvalue weighted by atomic mass is 9.85. The molecule has 0 aliphatic carbocycles. The topological polar surface area (TPSA) is 61.8 Å². The van der Waals surface area contributed by atoms with Crippen molar-refractivity contribution in [1.82, 2.24) is 0 Å². The Morgan fingerprint density at radius 2 is 1.16 bits per heavy atom. The minimum atomic E-state index is -5.20. The average Bonchev–Trinajstić information content (AvgIpc) is 3.01. The van der Waals surface area contributed by atoms with Crippen LogP contribution in [0, 0.1) is 0 Å². The van der Waals surface area contributed by atoms with Crippen molar-refractivity contribution >= 4 is 11.9 Å². The Morgan fingerprint density at radius 1 is 0.840 bits per heavy atom. The van der Waals surface area contributed by atoms with Gasteiger partial charge >= 0.3 is 24.3 Å². The number of rotatable bonds is 4. The van der Waals surface area contributed by atoms with Crippen LogP contribution in [-0.2, 0) is 23.8 Å². The van der Waals surface area contributed by atoms with Gasteiger partial charge in [-0.25, -0.2) is 9.59 Å². The number of carbonyl (C=O) groups excluding carboxylic acids is 2. The summed E-state index contributed by atoms with van der Waals surface area (Å²) in [6, 6.07) is 0. The molecule has 0 fully saturated rings. The molecular formula is C14H12F6O5. The number of hydrogen-bond acceptors (Lipinski definition) is 5. The molecule has 25 heavy (non-hydrogen) atoms. The number of hydrogen-bond donors (Lipinski definition) is 0. The van der Waals surface area contributed by atoms with Gasteiger partial charge in [0, 0.05) is 0 Å². The summed E-state index contributed by atoms with van der Waals surface area (Å²) in [4.78, 5) is 23.6. The van der Waals surface area contributed by atoms with Crippen LogP contribution in [0.15, 0.2) is 22.3 Å². The molecule has 2 unspecified atom stereocenters. The number of alkyl halides is 6. The summed E-state index contributed by atoms with van der Waals surface area (Å²) in [6.45, 7) is 1.87. The maximum Gasteiger partial charge on any atom is 0.416 e. The molecule has 0 aromatic carbocycles. The van der Waals surface area contributed by atoms with Crippen LogP contribution in [-0.4, -0.2) is 49.7 Å². The first-order valence-corrected chi connectivity index (χ1v) is 7.07. The summed E-state index contributed by atoms with van der Waals surface area (Å²) in [5.74, 6) is -3.15. The van der Waals surface area contributed by atoms with Gasteiger partial charge in [-0.15, -0.1) is 0 Å². The number of halogens is 6. The minimum absolute atomic E-state index is 0.347. The molecule has 2 aliphatic heterocycles. The number of esters is 2. The van der Waals surface area contributed by atoms with Crippen LogP contribution in [0.5, 0.6) is 0 Å². The molecular weight excluding hydrogens is 362 g/mol. The second-order valence-electron chi connectivity index (χ2n) is 4.99. The fourth-order valence-corrected chi connectivity index (χ4v) is 2.72. The van der Waals surface area contributed by atoms with Gasteiger partial charge in [0.05, 0.1) is 35.5 Å². The smallest absolute Gasteiger partial charge is 0.416 e. The van der Waals surface area contributed by atoms with Crippen molar-refractivity contribution in [3.8, 4) is 0 Å². The molecule has 2 aliphatic rings. The van der Waals surface area contributed by atoms with E-state index in [2.05, 4.69) is 9.47 Å². The van der Waals surface area contributed by atoms with E-state index in [1.165, 1.54) is 13.8 Å². The summed E-state index contributed by atoms with van der Waals surface area (Å²) >= 11 is 0. The van der Waals surface area contributed by atoms with Crippen molar-refractivity contribution in [2.75, 3.05) is 13.2 Å². The van der Waals surface area contributed by atoms with Gasteiger partial charge in [0.1, 0.15) is 12.2 Å². The molecule has 0 N–H and O–H groups in total. The van der Waals surface area contributed by atoms with Gasteiger partial charge in [-0.2, -0.15) is 26.3 Å². The quantitative estimate of drug-likeness (QED) is 0.559. The first-order valence-electron chi connectivity index (χ1n) is 7.07. The van der Waals surface area contributed by atoms with Gasteiger partial charge in [-0.05, 0) is 13.8 Å². The van der Waals surface area contributed by atoms with E-state index in [4.69, 9.17) is 4.74 Å². The van der Waals surface area contributed by atoms with Crippen LogP contribution in [0.2, 0.25) is 0 Å². The van der Waals surface area contributed by atoms with E-state index >= 15 is 0 Å². The lowest BCUT2D eigenvalue weighted by molar-refractivity contribution is -0.142. The van der Waals surface area contributed by atoms with Crippen molar-refractivity contribution in [2.24, 2.45) is 0 Å². The van der Waals surface area contributed by atoms with Crippen LogP contribution in [0.3, 0.4) is 0 Å². The predicted molar refractivity (Wildman–Crippen MR) is 68.1 cm³/mol. The molecule has 2 rings (SSSR count). The maximum atomic E-state index is 13.3. The first-order chi connectivity index (χ1) is 11.4. The van der Waals surface area contributed by atoms with E-state index in [1.54, 1.807) is 0 Å². The van der Waals surface area contributed by atoms with Crippen molar-refractivity contribution < 1.29 is 50.1 Å². The van der Waals surface area contributed by atoms with Crippen LogP contribution in [0.1, 0.15) is 13.8 Å². The third kappa shape index (κ3) is 3.24. The number of ether oxygens (including phenoxy) is 3. The van der Waals surface area contributed by atoms with E-state index in [9.17, 15) is 35.9 Å². The number of fused-ring (bicyclic) bond motifs is 2. The van der Waals surface area contributed by atoms with Gasteiger partial charge in [0.25, 0.3) is 0 Å². The molecule has 2 bridgehead atoms. The summed E-state index contributed by atoms with van der Waals surface area (Å²) in [5.41, 5.74) is -5.93. The molecule has 0 saturated carbocycles. The summed E-state index contributed by atoms with van der Waals surface area (Å²) < 4.78 is 93.5. The second kappa shape index (κ2) is 6.36. The highest BCUT2D eigenvalue weighted by Crippen LogP contribution is 2.53. The second-order valence-corrected chi connectivity index (χ2v) is 4.99. The predicted octanol–water partition coefficient (Wildman–Crippen LogP) is 2.61. The highest BCUT2D eigenvalue weighted by Gasteiger charge is 2.63. The molecule has 5 nitrogen and oxygen atoms in total. The standard InChI is InChI=1S/C14H12F6O5/c1-3-23-11(21)5-7(13(15,16)17)10-6(12(22)24-4-2)8(9(5)25-10)14(18,19)20/h9-10H,3-4H2,1-2H3. The Balaban J connectivity index is 2.64. The Labute approximate surface area is 137 Å². The molecule has 0 aromatic heterocycles. The summed E-state index contributed by atoms with van der Waals surface area (Å²) in [5, 5.41) is 0. The molecule has 140 valence electrons. The minimum Gasteiger partial charge on any atom is -0.463 e. The molecule has 0 spiro atoms. The zero-order valence-corrected chi connectivity index (χ0v) is 12.9. The third-order valence-corrected chi connectivity index (χ3v) is 3.50. The van der Waals surface area contributed by atoms with Crippen molar-refractivity contribution in [3.05, 3.63) is 22.3 Å². The molecule has 0 amide bonds. The highest BCUT2D eigenvalue weighted by atomic mass is 19.4. The Hall–Kier alpha value is -2.04. The van der Waals surface area contributed by atoms with Gasteiger partial charge in [0.2, 0.25) is 0 Å². The van der Waals surface area contributed by atoms with Gasteiger partial charge in [0.15, 0.2) is 0 Å². The van der Waals surface area contributed by atoms with Crippen molar-refractivity contribution in [2.45, 2.75) is 38.4 Å². The zero-order valence-electron chi connectivity index (χ0n) is 12.9. The van der Waals surface area contributed by atoms with E-state index in [-0.39, 0.29) is 13.2 Å². The maximum absolute atomic E-state index is 13.3. The first kappa shape index (κ1) is 19.3. The molecule has 2 heterocycles. The largest absolute Gasteiger partial charge is 0.463 e. The Morgan fingerprint density at radius 3 is 1.40 bits per heavy atom. The van der Waals surface area contributed by atoms with Gasteiger partial charge < -0.3 is 14.2 Å². The molecule has 0 saturated heterocycles. The van der Waals surface area contributed by atoms with Gasteiger partial charge in [-0.1, -0.05) is 0 Å².